The number of benzene rings is 1. The Morgan fingerprint density at radius 2 is 2.17 bits per heavy atom. The standard InChI is InChI=1S/C12H14ClNO4/c1-3-9(12(16)17)14-11(15)8-6-7(13)4-5-10(8)18-2/h4-6,9H,3H2,1-2H3,(H,14,15)(H,16,17)/t9-/m0/s1. The van der Waals surface area contributed by atoms with E-state index in [1.165, 1.54) is 13.2 Å². The molecular weight excluding hydrogens is 258 g/mol. The molecule has 0 fully saturated rings. The lowest BCUT2D eigenvalue weighted by Gasteiger charge is -2.14. The number of carbonyl (C=O) groups excluding carboxylic acids is 1. The van der Waals surface area contributed by atoms with E-state index < -0.39 is 17.9 Å². The Labute approximate surface area is 110 Å². The van der Waals surface area contributed by atoms with Gasteiger partial charge in [-0.25, -0.2) is 4.79 Å². The first-order chi connectivity index (χ1) is 8.49. The Kier molecular flexibility index (Phi) is 4.97. The van der Waals surface area contributed by atoms with Crippen LogP contribution in [0.15, 0.2) is 18.2 Å². The number of halogens is 1. The lowest BCUT2D eigenvalue weighted by Crippen LogP contribution is -2.40. The number of hydrogen-bond donors (Lipinski definition) is 2. The van der Waals surface area contributed by atoms with Crippen LogP contribution in [0.4, 0.5) is 0 Å². The van der Waals surface area contributed by atoms with Gasteiger partial charge in [-0.05, 0) is 24.6 Å². The van der Waals surface area contributed by atoms with Gasteiger partial charge in [0, 0.05) is 5.02 Å². The zero-order valence-corrected chi connectivity index (χ0v) is 10.8. The highest BCUT2D eigenvalue weighted by Gasteiger charge is 2.20. The Balaban J connectivity index is 2.96. The Hall–Kier alpha value is -1.75. The van der Waals surface area contributed by atoms with Gasteiger partial charge in [0.15, 0.2) is 0 Å². The van der Waals surface area contributed by atoms with Gasteiger partial charge < -0.3 is 15.2 Å². The van der Waals surface area contributed by atoms with Crippen molar-refractivity contribution in [2.45, 2.75) is 19.4 Å². The summed E-state index contributed by atoms with van der Waals surface area (Å²) in [6.45, 7) is 1.67. The predicted octanol–water partition coefficient (Wildman–Crippen LogP) is 1.94. The Bertz CT molecular complexity index is 461. The predicted molar refractivity (Wildman–Crippen MR) is 67.2 cm³/mol. The number of rotatable bonds is 5. The van der Waals surface area contributed by atoms with Crippen molar-refractivity contribution in [3.63, 3.8) is 0 Å². The second kappa shape index (κ2) is 6.26. The normalized spacial score (nSPS) is 11.7. The average Bonchev–Trinajstić information content (AvgIpc) is 2.35. The van der Waals surface area contributed by atoms with Crippen LogP contribution in [0.3, 0.4) is 0 Å². The first kappa shape index (κ1) is 14.3. The second-order valence-electron chi connectivity index (χ2n) is 3.62. The molecule has 1 amide bonds. The number of hydrogen-bond acceptors (Lipinski definition) is 3. The number of aliphatic carboxylic acids is 1. The molecule has 0 spiro atoms. The SMILES string of the molecule is CC[C@H](NC(=O)c1cc(Cl)ccc1OC)C(=O)O. The summed E-state index contributed by atoms with van der Waals surface area (Å²) in [4.78, 5) is 22.8. The van der Waals surface area contributed by atoms with Crippen molar-refractivity contribution in [1.82, 2.24) is 5.32 Å². The van der Waals surface area contributed by atoms with E-state index in [-0.39, 0.29) is 5.56 Å². The fourth-order valence-corrected chi connectivity index (χ4v) is 1.60. The first-order valence-corrected chi connectivity index (χ1v) is 5.74. The molecule has 0 heterocycles. The Morgan fingerprint density at radius 3 is 2.67 bits per heavy atom. The molecule has 1 rings (SSSR count). The van der Waals surface area contributed by atoms with Crippen LogP contribution in [-0.4, -0.2) is 30.1 Å². The molecule has 1 aromatic carbocycles. The lowest BCUT2D eigenvalue weighted by molar-refractivity contribution is -0.139. The van der Waals surface area contributed by atoms with Crippen molar-refractivity contribution in [2.24, 2.45) is 0 Å². The van der Waals surface area contributed by atoms with E-state index in [4.69, 9.17) is 21.4 Å². The molecule has 2 N–H and O–H groups in total. The van der Waals surface area contributed by atoms with E-state index in [1.807, 2.05) is 0 Å². The van der Waals surface area contributed by atoms with Crippen LogP contribution in [0.5, 0.6) is 5.75 Å². The molecule has 5 nitrogen and oxygen atoms in total. The van der Waals surface area contributed by atoms with Gasteiger partial charge >= 0.3 is 5.97 Å². The third kappa shape index (κ3) is 3.37. The van der Waals surface area contributed by atoms with Crippen molar-refractivity contribution in [1.29, 1.82) is 0 Å². The largest absolute Gasteiger partial charge is 0.496 e. The molecule has 0 aliphatic carbocycles. The van der Waals surface area contributed by atoms with E-state index in [9.17, 15) is 9.59 Å². The highest BCUT2D eigenvalue weighted by Crippen LogP contribution is 2.22. The van der Waals surface area contributed by atoms with Gasteiger partial charge in [0.25, 0.3) is 5.91 Å². The van der Waals surface area contributed by atoms with Crippen LogP contribution >= 0.6 is 11.6 Å². The maximum Gasteiger partial charge on any atom is 0.326 e. The molecule has 0 aliphatic heterocycles. The number of ether oxygens (including phenoxy) is 1. The summed E-state index contributed by atoms with van der Waals surface area (Å²) in [6.07, 6.45) is 0.296. The molecule has 1 aromatic rings. The third-order valence-electron chi connectivity index (χ3n) is 2.42. The zero-order valence-electron chi connectivity index (χ0n) is 10.1. The molecule has 0 unspecified atom stereocenters. The molecule has 0 saturated carbocycles. The molecule has 18 heavy (non-hydrogen) atoms. The van der Waals surface area contributed by atoms with Gasteiger partial charge in [0.2, 0.25) is 0 Å². The van der Waals surface area contributed by atoms with Crippen LogP contribution in [0, 0.1) is 0 Å². The number of amides is 1. The first-order valence-electron chi connectivity index (χ1n) is 5.36. The minimum atomic E-state index is -1.08. The minimum Gasteiger partial charge on any atom is -0.496 e. The fourth-order valence-electron chi connectivity index (χ4n) is 1.43. The van der Waals surface area contributed by atoms with E-state index >= 15 is 0 Å². The van der Waals surface area contributed by atoms with Gasteiger partial charge in [-0.1, -0.05) is 18.5 Å². The summed E-state index contributed by atoms with van der Waals surface area (Å²) in [5.74, 6) is -1.26. The zero-order chi connectivity index (χ0) is 13.7. The minimum absolute atomic E-state index is 0.213. The van der Waals surface area contributed by atoms with E-state index in [0.717, 1.165) is 0 Å². The van der Waals surface area contributed by atoms with Crippen molar-refractivity contribution < 1.29 is 19.4 Å². The molecule has 6 heteroatoms. The summed E-state index contributed by atoms with van der Waals surface area (Å²) in [6, 6.07) is 3.65. The van der Waals surface area contributed by atoms with Crippen LogP contribution in [0.25, 0.3) is 0 Å². The molecule has 0 bridgehead atoms. The summed E-state index contributed by atoms with van der Waals surface area (Å²) < 4.78 is 5.03. The maximum atomic E-state index is 11.9. The summed E-state index contributed by atoms with van der Waals surface area (Å²) in [5.41, 5.74) is 0.213. The quantitative estimate of drug-likeness (QED) is 0.858. The van der Waals surface area contributed by atoms with Crippen LogP contribution in [0.1, 0.15) is 23.7 Å². The van der Waals surface area contributed by atoms with Crippen LogP contribution < -0.4 is 10.1 Å². The van der Waals surface area contributed by atoms with Crippen molar-refractivity contribution in [2.75, 3.05) is 7.11 Å². The number of carboxylic acid groups (broad SMARTS) is 1. The number of nitrogens with one attached hydrogen (secondary N) is 1. The van der Waals surface area contributed by atoms with E-state index in [2.05, 4.69) is 5.32 Å². The second-order valence-corrected chi connectivity index (χ2v) is 4.05. The van der Waals surface area contributed by atoms with Crippen molar-refractivity contribution in [3.8, 4) is 5.75 Å². The van der Waals surface area contributed by atoms with E-state index in [0.29, 0.717) is 17.2 Å². The average molecular weight is 272 g/mol. The van der Waals surface area contributed by atoms with Gasteiger partial charge in [-0.3, -0.25) is 4.79 Å². The number of carboxylic acids is 1. The van der Waals surface area contributed by atoms with Gasteiger partial charge in [0.1, 0.15) is 11.8 Å². The highest BCUT2D eigenvalue weighted by molar-refractivity contribution is 6.31. The van der Waals surface area contributed by atoms with Gasteiger partial charge in [-0.2, -0.15) is 0 Å². The van der Waals surface area contributed by atoms with E-state index in [1.54, 1.807) is 19.1 Å². The number of methoxy groups -OCH3 is 1. The van der Waals surface area contributed by atoms with Crippen LogP contribution in [-0.2, 0) is 4.79 Å². The molecular formula is C12H14ClNO4. The maximum absolute atomic E-state index is 11.9. The highest BCUT2D eigenvalue weighted by atomic mass is 35.5. The number of carbonyl (C=O) groups is 2. The van der Waals surface area contributed by atoms with Crippen LogP contribution in [0.2, 0.25) is 5.02 Å². The van der Waals surface area contributed by atoms with Crippen molar-refractivity contribution in [3.05, 3.63) is 28.8 Å². The lowest BCUT2D eigenvalue weighted by atomic mass is 10.1. The molecule has 0 aliphatic rings. The fraction of sp³-hybridized carbons (Fsp3) is 0.333. The summed E-state index contributed by atoms with van der Waals surface area (Å²) in [5, 5.41) is 11.7. The summed E-state index contributed by atoms with van der Waals surface area (Å²) >= 11 is 5.80. The molecule has 0 aromatic heterocycles. The van der Waals surface area contributed by atoms with Crippen molar-refractivity contribution >= 4 is 23.5 Å². The van der Waals surface area contributed by atoms with Gasteiger partial charge in [-0.15, -0.1) is 0 Å². The molecule has 98 valence electrons. The molecule has 1 atom stereocenters. The molecule has 0 saturated heterocycles. The molecule has 0 radical (unpaired) electrons. The third-order valence-corrected chi connectivity index (χ3v) is 2.65. The smallest absolute Gasteiger partial charge is 0.326 e. The topological polar surface area (TPSA) is 75.6 Å². The Morgan fingerprint density at radius 1 is 1.50 bits per heavy atom. The summed E-state index contributed by atoms with van der Waals surface area (Å²) in [7, 11) is 1.43. The van der Waals surface area contributed by atoms with Gasteiger partial charge in [0.05, 0.1) is 12.7 Å². The monoisotopic (exact) mass is 271 g/mol.